The molecule has 0 aliphatic carbocycles. The minimum Gasteiger partial charge on any atom is -0.273 e. The second-order valence-corrected chi connectivity index (χ2v) is 4.33. The number of fused-ring (bicyclic) bond motifs is 1. The van der Waals surface area contributed by atoms with Crippen LogP contribution in [-0.2, 0) is 4.79 Å². The molecule has 0 N–H and O–H groups in total. The normalized spacial score (nSPS) is 17.6. The first kappa shape index (κ1) is 11.6. The van der Waals surface area contributed by atoms with Crippen molar-refractivity contribution in [2.45, 2.75) is 6.42 Å². The molecule has 0 aromatic heterocycles. The number of carbonyl (C=O) groups is 3. The van der Waals surface area contributed by atoms with Gasteiger partial charge in [-0.1, -0.05) is 12.1 Å². The summed E-state index contributed by atoms with van der Waals surface area (Å²) in [5.41, 5.74) is 0.840. The lowest BCUT2D eigenvalue weighted by atomic mass is 10.1. The Balaban J connectivity index is 1.74. The van der Waals surface area contributed by atoms with Crippen molar-refractivity contribution in [3.05, 3.63) is 35.4 Å². The van der Waals surface area contributed by atoms with Gasteiger partial charge in [-0.15, -0.1) is 0 Å². The SMILES string of the molecule is O=C1CC=NN1CCN1C(=O)c2ccccc2C1=O. The lowest BCUT2D eigenvalue weighted by Gasteiger charge is -2.17. The van der Waals surface area contributed by atoms with E-state index in [4.69, 9.17) is 0 Å². The molecule has 0 atom stereocenters. The summed E-state index contributed by atoms with van der Waals surface area (Å²) in [7, 11) is 0. The number of benzene rings is 1. The number of imide groups is 1. The van der Waals surface area contributed by atoms with Gasteiger partial charge in [0.15, 0.2) is 0 Å². The Morgan fingerprint density at radius 1 is 1.00 bits per heavy atom. The third-order valence-electron chi connectivity index (χ3n) is 3.19. The molecule has 6 nitrogen and oxygen atoms in total. The van der Waals surface area contributed by atoms with Crippen LogP contribution in [0.15, 0.2) is 29.4 Å². The highest BCUT2D eigenvalue weighted by Gasteiger charge is 2.35. The van der Waals surface area contributed by atoms with Crippen LogP contribution in [0.3, 0.4) is 0 Å². The quantitative estimate of drug-likeness (QED) is 0.740. The zero-order valence-corrected chi connectivity index (χ0v) is 10.1. The Labute approximate surface area is 109 Å². The molecule has 1 aromatic carbocycles. The maximum Gasteiger partial charge on any atom is 0.261 e. The highest BCUT2D eigenvalue weighted by Crippen LogP contribution is 2.22. The standard InChI is InChI=1S/C13H11N3O3/c17-11-5-6-14-16(11)8-7-15-12(18)9-3-1-2-4-10(9)13(15)19/h1-4,6H,5,7-8H2. The van der Waals surface area contributed by atoms with Gasteiger partial charge in [0.05, 0.1) is 24.1 Å². The lowest BCUT2D eigenvalue weighted by Crippen LogP contribution is -2.37. The molecule has 1 aromatic rings. The van der Waals surface area contributed by atoms with Gasteiger partial charge in [-0.3, -0.25) is 19.3 Å². The van der Waals surface area contributed by atoms with E-state index in [2.05, 4.69) is 5.10 Å². The van der Waals surface area contributed by atoms with E-state index in [0.717, 1.165) is 4.90 Å². The van der Waals surface area contributed by atoms with Gasteiger partial charge in [0.2, 0.25) is 5.91 Å². The molecule has 2 heterocycles. The third-order valence-corrected chi connectivity index (χ3v) is 3.19. The van der Waals surface area contributed by atoms with E-state index < -0.39 is 0 Å². The number of hydrogen-bond acceptors (Lipinski definition) is 4. The van der Waals surface area contributed by atoms with Crippen LogP contribution in [-0.4, -0.2) is 46.9 Å². The van der Waals surface area contributed by atoms with Crippen molar-refractivity contribution in [2.24, 2.45) is 5.10 Å². The largest absolute Gasteiger partial charge is 0.273 e. The van der Waals surface area contributed by atoms with E-state index in [9.17, 15) is 14.4 Å². The van der Waals surface area contributed by atoms with Crippen LogP contribution in [0.1, 0.15) is 27.1 Å². The summed E-state index contributed by atoms with van der Waals surface area (Å²) in [6, 6.07) is 6.72. The van der Waals surface area contributed by atoms with Crippen molar-refractivity contribution in [1.29, 1.82) is 0 Å². The maximum atomic E-state index is 12.1. The van der Waals surface area contributed by atoms with Crippen molar-refractivity contribution < 1.29 is 14.4 Å². The fourth-order valence-corrected chi connectivity index (χ4v) is 2.21. The van der Waals surface area contributed by atoms with Gasteiger partial charge in [0.1, 0.15) is 0 Å². The van der Waals surface area contributed by atoms with Crippen molar-refractivity contribution in [2.75, 3.05) is 13.1 Å². The minimum absolute atomic E-state index is 0.114. The highest BCUT2D eigenvalue weighted by atomic mass is 16.2. The van der Waals surface area contributed by atoms with E-state index >= 15 is 0 Å². The van der Waals surface area contributed by atoms with Crippen LogP contribution in [0.25, 0.3) is 0 Å². The van der Waals surface area contributed by atoms with Gasteiger partial charge >= 0.3 is 0 Å². The van der Waals surface area contributed by atoms with Crippen molar-refractivity contribution in [3.8, 4) is 0 Å². The molecule has 3 amide bonds. The Kier molecular flexibility index (Phi) is 2.63. The van der Waals surface area contributed by atoms with E-state index in [-0.39, 0.29) is 37.2 Å². The van der Waals surface area contributed by atoms with Crippen molar-refractivity contribution >= 4 is 23.9 Å². The van der Waals surface area contributed by atoms with Crippen LogP contribution in [0.5, 0.6) is 0 Å². The average molecular weight is 257 g/mol. The number of hydrogen-bond donors (Lipinski definition) is 0. The smallest absolute Gasteiger partial charge is 0.261 e. The molecule has 0 spiro atoms. The summed E-state index contributed by atoms with van der Waals surface area (Å²) >= 11 is 0. The second kappa shape index (κ2) is 4.31. The molecule has 19 heavy (non-hydrogen) atoms. The maximum absolute atomic E-state index is 12.1. The van der Waals surface area contributed by atoms with Crippen LogP contribution in [0.2, 0.25) is 0 Å². The first-order valence-electron chi connectivity index (χ1n) is 5.96. The fraction of sp³-hybridized carbons (Fsp3) is 0.231. The highest BCUT2D eigenvalue weighted by molar-refractivity contribution is 6.21. The van der Waals surface area contributed by atoms with Gasteiger partial charge in [-0.05, 0) is 12.1 Å². The summed E-state index contributed by atoms with van der Waals surface area (Å²) in [6.45, 7) is 0.399. The topological polar surface area (TPSA) is 70.1 Å². The predicted octanol–water partition coefficient (Wildman–Crippen LogP) is 0.501. The minimum atomic E-state index is -0.309. The molecule has 0 saturated carbocycles. The molecule has 0 saturated heterocycles. The van der Waals surface area contributed by atoms with Crippen LogP contribution in [0.4, 0.5) is 0 Å². The van der Waals surface area contributed by atoms with E-state index in [0.29, 0.717) is 11.1 Å². The Morgan fingerprint density at radius 2 is 1.63 bits per heavy atom. The predicted molar refractivity (Wildman–Crippen MR) is 66.6 cm³/mol. The molecular weight excluding hydrogens is 246 g/mol. The lowest BCUT2D eigenvalue weighted by molar-refractivity contribution is -0.128. The Morgan fingerprint density at radius 3 is 2.16 bits per heavy atom. The molecule has 0 unspecified atom stereocenters. The van der Waals surface area contributed by atoms with Gasteiger partial charge < -0.3 is 0 Å². The van der Waals surface area contributed by atoms with E-state index in [1.54, 1.807) is 24.3 Å². The van der Waals surface area contributed by atoms with Crippen LogP contribution < -0.4 is 0 Å². The third kappa shape index (κ3) is 1.81. The fourth-order valence-electron chi connectivity index (χ4n) is 2.21. The molecule has 0 radical (unpaired) electrons. The molecule has 0 fully saturated rings. The summed E-state index contributed by atoms with van der Waals surface area (Å²) in [5, 5.41) is 5.17. The zero-order valence-electron chi connectivity index (χ0n) is 10.1. The number of nitrogens with zero attached hydrogens (tertiary/aromatic N) is 3. The summed E-state index contributed by atoms with van der Waals surface area (Å²) in [4.78, 5) is 36.6. The van der Waals surface area contributed by atoms with E-state index in [1.165, 1.54) is 11.2 Å². The Bertz CT molecular complexity index is 574. The number of hydrazone groups is 1. The van der Waals surface area contributed by atoms with Gasteiger partial charge in [0.25, 0.3) is 11.8 Å². The molecule has 3 rings (SSSR count). The monoisotopic (exact) mass is 257 g/mol. The number of rotatable bonds is 3. The first-order valence-corrected chi connectivity index (χ1v) is 5.96. The summed E-state index contributed by atoms with van der Waals surface area (Å²) < 4.78 is 0. The van der Waals surface area contributed by atoms with Crippen molar-refractivity contribution in [1.82, 2.24) is 9.91 Å². The number of amides is 3. The molecule has 2 aliphatic rings. The Hall–Kier alpha value is -2.50. The van der Waals surface area contributed by atoms with Gasteiger partial charge in [0, 0.05) is 12.8 Å². The van der Waals surface area contributed by atoms with Crippen molar-refractivity contribution in [3.63, 3.8) is 0 Å². The molecule has 2 aliphatic heterocycles. The first-order chi connectivity index (χ1) is 9.18. The average Bonchev–Trinajstić information content (AvgIpc) is 2.93. The van der Waals surface area contributed by atoms with Gasteiger partial charge in [-0.25, -0.2) is 5.01 Å². The van der Waals surface area contributed by atoms with E-state index in [1.807, 2.05) is 0 Å². The zero-order chi connectivity index (χ0) is 13.4. The molecule has 6 heteroatoms. The summed E-state index contributed by atoms with van der Waals surface area (Å²) in [6.07, 6.45) is 1.80. The van der Waals surface area contributed by atoms with Gasteiger partial charge in [-0.2, -0.15) is 5.10 Å². The molecule has 96 valence electrons. The molecular formula is C13H11N3O3. The summed E-state index contributed by atoms with van der Waals surface area (Å²) in [5.74, 6) is -0.732. The second-order valence-electron chi connectivity index (χ2n) is 4.33. The molecule has 0 bridgehead atoms. The number of carbonyl (C=O) groups excluding carboxylic acids is 3. The van der Waals surface area contributed by atoms with Crippen LogP contribution >= 0.6 is 0 Å². The van der Waals surface area contributed by atoms with Crippen LogP contribution in [0, 0.1) is 0 Å².